The van der Waals surface area contributed by atoms with Gasteiger partial charge in [0.2, 0.25) is 0 Å². The molecule has 2 rings (SSSR count). The first-order valence-electron chi connectivity index (χ1n) is 6.89. The standard InChI is InChI=1S/C15H25N3/c1-18(2)15(11-7-4-8-12-15)14(17-16)13-9-5-3-6-10-13/h3,5-6,9-10,14,17H,4,7-8,11-12,16H2,1-2H3. The molecule has 3 N–H and O–H groups in total. The van der Waals surface area contributed by atoms with E-state index in [0.717, 1.165) is 0 Å². The number of hydrazine groups is 1. The van der Waals surface area contributed by atoms with Gasteiger partial charge in [-0.3, -0.25) is 11.3 Å². The highest BCUT2D eigenvalue weighted by molar-refractivity contribution is 5.23. The van der Waals surface area contributed by atoms with Gasteiger partial charge in [-0.25, -0.2) is 0 Å². The molecule has 3 nitrogen and oxygen atoms in total. The summed E-state index contributed by atoms with van der Waals surface area (Å²) in [6, 6.07) is 10.8. The van der Waals surface area contributed by atoms with Crippen molar-refractivity contribution < 1.29 is 0 Å². The van der Waals surface area contributed by atoms with Crippen molar-refractivity contribution in [1.29, 1.82) is 0 Å². The zero-order valence-electron chi connectivity index (χ0n) is 11.5. The first kappa shape index (κ1) is 13.5. The van der Waals surface area contributed by atoms with Crippen LogP contribution < -0.4 is 11.3 Å². The van der Waals surface area contributed by atoms with Crippen molar-refractivity contribution in [3.63, 3.8) is 0 Å². The quantitative estimate of drug-likeness (QED) is 0.634. The summed E-state index contributed by atoms with van der Waals surface area (Å²) in [6.45, 7) is 0. The molecule has 0 heterocycles. The molecule has 1 atom stereocenters. The molecule has 0 aliphatic heterocycles. The number of nitrogens with one attached hydrogen (secondary N) is 1. The van der Waals surface area contributed by atoms with Crippen molar-refractivity contribution in [2.45, 2.75) is 43.7 Å². The highest BCUT2D eigenvalue weighted by Gasteiger charge is 2.41. The van der Waals surface area contributed by atoms with E-state index in [1.807, 2.05) is 0 Å². The molecule has 1 aromatic rings. The molecule has 1 fully saturated rings. The number of hydrogen-bond donors (Lipinski definition) is 2. The van der Waals surface area contributed by atoms with Crippen LogP contribution >= 0.6 is 0 Å². The van der Waals surface area contributed by atoms with E-state index in [1.165, 1.54) is 37.7 Å². The molecule has 3 heteroatoms. The van der Waals surface area contributed by atoms with Gasteiger partial charge in [-0.1, -0.05) is 49.6 Å². The third-order valence-corrected chi connectivity index (χ3v) is 4.45. The molecule has 0 amide bonds. The Kier molecular flexibility index (Phi) is 4.38. The topological polar surface area (TPSA) is 41.3 Å². The molecular formula is C15H25N3. The third-order valence-electron chi connectivity index (χ3n) is 4.45. The van der Waals surface area contributed by atoms with Crippen molar-refractivity contribution in [3.8, 4) is 0 Å². The van der Waals surface area contributed by atoms with Crippen LogP contribution in [0.5, 0.6) is 0 Å². The van der Waals surface area contributed by atoms with Gasteiger partial charge in [0.15, 0.2) is 0 Å². The van der Waals surface area contributed by atoms with Crippen LogP contribution in [0.4, 0.5) is 0 Å². The van der Waals surface area contributed by atoms with Crippen molar-refractivity contribution in [2.75, 3.05) is 14.1 Å². The van der Waals surface area contributed by atoms with E-state index in [1.54, 1.807) is 0 Å². The first-order valence-corrected chi connectivity index (χ1v) is 6.89. The molecule has 1 aliphatic rings. The molecule has 100 valence electrons. The second-order valence-electron chi connectivity index (χ2n) is 5.57. The van der Waals surface area contributed by atoms with Gasteiger partial charge < -0.3 is 4.90 Å². The van der Waals surface area contributed by atoms with Crippen molar-refractivity contribution >= 4 is 0 Å². The minimum atomic E-state index is 0.147. The summed E-state index contributed by atoms with van der Waals surface area (Å²) in [5.41, 5.74) is 4.50. The van der Waals surface area contributed by atoms with E-state index in [0.29, 0.717) is 0 Å². The highest BCUT2D eigenvalue weighted by Crippen LogP contribution is 2.41. The van der Waals surface area contributed by atoms with E-state index in [2.05, 4.69) is 54.8 Å². The van der Waals surface area contributed by atoms with E-state index in [4.69, 9.17) is 5.84 Å². The Balaban J connectivity index is 2.33. The normalized spacial score (nSPS) is 20.9. The van der Waals surface area contributed by atoms with Crippen molar-refractivity contribution in [2.24, 2.45) is 5.84 Å². The molecule has 1 aliphatic carbocycles. The number of benzene rings is 1. The summed E-state index contributed by atoms with van der Waals surface area (Å²) in [6.07, 6.45) is 6.36. The molecule has 0 aromatic heterocycles. The fourth-order valence-corrected chi connectivity index (χ4v) is 3.37. The molecule has 1 aromatic carbocycles. The largest absolute Gasteiger partial charge is 0.302 e. The van der Waals surface area contributed by atoms with Crippen LogP contribution in [-0.2, 0) is 0 Å². The lowest BCUT2D eigenvalue weighted by atomic mass is 9.73. The van der Waals surface area contributed by atoms with Crippen molar-refractivity contribution in [1.82, 2.24) is 10.3 Å². The molecule has 0 spiro atoms. The summed E-state index contributed by atoms with van der Waals surface area (Å²) in [4.78, 5) is 2.36. The monoisotopic (exact) mass is 247 g/mol. The first-order chi connectivity index (χ1) is 8.70. The maximum atomic E-state index is 5.88. The van der Waals surface area contributed by atoms with E-state index in [9.17, 15) is 0 Å². The fraction of sp³-hybridized carbons (Fsp3) is 0.600. The summed E-state index contributed by atoms with van der Waals surface area (Å²) < 4.78 is 0. The number of hydrogen-bond acceptors (Lipinski definition) is 3. The average Bonchev–Trinajstić information content (AvgIpc) is 2.41. The van der Waals surface area contributed by atoms with Gasteiger partial charge in [-0.15, -0.1) is 0 Å². The summed E-state index contributed by atoms with van der Waals surface area (Å²) in [7, 11) is 4.36. The summed E-state index contributed by atoms with van der Waals surface area (Å²) in [5, 5.41) is 0. The van der Waals surface area contributed by atoms with Gasteiger partial charge in [0, 0.05) is 5.54 Å². The van der Waals surface area contributed by atoms with E-state index < -0.39 is 0 Å². The zero-order valence-corrected chi connectivity index (χ0v) is 11.5. The molecule has 1 unspecified atom stereocenters. The van der Waals surface area contributed by atoms with Crippen LogP contribution in [0, 0.1) is 0 Å². The van der Waals surface area contributed by atoms with Crippen LogP contribution in [0.15, 0.2) is 30.3 Å². The van der Waals surface area contributed by atoms with Crippen LogP contribution in [-0.4, -0.2) is 24.5 Å². The Hall–Kier alpha value is -0.900. The number of rotatable bonds is 4. The van der Waals surface area contributed by atoms with E-state index >= 15 is 0 Å². The Morgan fingerprint density at radius 1 is 1.11 bits per heavy atom. The predicted octanol–water partition coefficient (Wildman–Crippen LogP) is 2.46. The molecule has 0 bridgehead atoms. The molecule has 1 saturated carbocycles. The fourth-order valence-electron chi connectivity index (χ4n) is 3.37. The van der Waals surface area contributed by atoms with Gasteiger partial charge in [0.1, 0.15) is 0 Å². The SMILES string of the molecule is CN(C)C1(C(NN)c2ccccc2)CCCCC1. The lowest BCUT2D eigenvalue weighted by Gasteiger charge is -2.48. The Morgan fingerprint density at radius 3 is 2.22 bits per heavy atom. The lowest BCUT2D eigenvalue weighted by molar-refractivity contribution is 0.0564. The molecule has 0 radical (unpaired) electrons. The summed E-state index contributed by atoms with van der Waals surface area (Å²) >= 11 is 0. The smallest absolute Gasteiger partial charge is 0.0643 e. The average molecular weight is 247 g/mol. The second-order valence-corrected chi connectivity index (χ2v) is 5.57. The number of nitrogens with zero attached hydrogens (tertiary/aromatic N) is 1. The molecule has 18 heavy (non-hydrogen) atoms. The van der Waals surface area contributed by atoms with Crippen LogP contribution in [0.1, 0.15) is 43.7 Å². The van der Waals surface area contributed by atoms with Crippen LogP contribution in [0.2, 0.25) is 0 Å². The van der Waals surface area contributed by atoms with Crippen LogP contribution in [0.3, 0.4) is 0 Å². The Morgan fingerprint density at radius 2 is 1.72 bits per heavy atom. The minimum Gasteiger partial charge on any atom is -0.302 e. The highest BCUT2D eigenvalue weighted by atomic mass is 15.3. The van der Waals surface area contributed by atoms with Crippen molar-refractivity contribution in [3.05, 3.63) is 35.9 Å². The predicted molar refractivity (Wildman–Crippen MR) is 76.0 cm³/mol. The molecular weight excluding hydrogens is 222 g/mol. The maximum absolute atomic E-state index is 5.88. The zero-order chi connectivity index (χ0) is 13.0. The van der Waals surface area contributed by atoms with Gasteiger partial charge >= 0.3 is 0 Å². The molecule has 0 saturated heterocycles. The van der Waals surface area contributed by atoms with Gasteiger partial charge in [-0.2, -0.15) is 0 Å². The number of likely N-dealkylation sites (N-methyl/N-ethyl adjacent to an activating group) is 1. The minimum absolute atomic E-state index is 0.147. The summed E-state index contributed by atoms with van der Waals surface area (Å²) in [5.74, 6) is 5.88. The third kappa shape index (κ3) is 2.44. The number of nitrogens with two attached hydrogens (primary N) is 1. The van der Waals surface area contributed by atoms with Gasteiger partial charge in [-0.05, 0) is 32.5 Å². The van der Waals surface area contributed by atoms with Crippen LogP contribution in [0.25, 0.3) is 0 Å². The Labute approximate surface area is 110 Å². The second kappa shape index (κ2) is 5.83. The maximum Gasteiger partial charge on any atom is 0.0643 e. The lowest BCUT2D eigenvalue weighted by Crippen LogP contribution is -2.56. The van der Waals surface area contributed by atoms with Gasteiger partial charge in [0.25, 0.3) is 0 Å². The Bertz CT molecular complexity index is 355. The van der Waals surface area contributed by atoms with E-state index in [-0.39, 0.29) is 11.6 Å². The van der Waals surface area contributed by atoms with Gasteiger partial charge in [0.05, 0.1) is 6.04 Å².